The number of benzene rings is 2. The monoisotopic (exact) mass is 317 g/mol. The number of rotatable bonds is 5. The molecule has 0 aliphatic rings. The van der Waals surface area contributed by atoms with Crippen molar-refractivity contribution in [2.24, 2.45) is 0 Å². The second-order valence-corrected chi connectivity index (χ2v) is 5.57. The molecular formula is C17H19NO3S. The quantitative estimate of drug-likeness (QED) is 0.847. The normalized spacial score (nSPS) is 10.2. The highest BCUT2D eigenvalue weighted by atomic mass is 32.2. The molecule has 1 N–H and O–H groups in total. The van der Waals surface area contributed by atoms with Crippen molar-refractivity contribution in [2.45, 2.75) is 11.8 Å². The van der Waals surface area contributed by atoms with Gasteiger partial charge >= 0.3 is 0 Å². The van der Waals surface area contributed by atoms with E-state index in [9.17, 15) is 4.79 Å². The Labute approximate surface area is 134 Å². The fourth-order valence-electron chi connectivity index (χ4n) is 2.12. The first kappa shape index (κ1) is 16.2. The number of carbonyl (C=O) groups is 1. The van der Waals surface area contributed by atoms with Gasteiger partial charge in [0.05, 0.1) is 14.2 Å². The highest BCUT2D eigenvalue weighted by Crippen LogP contribution is 2.30. The molecule has 4 nitrogen and oxygen atoms in total. The van der Waals surface area contributed by atoms with Crippen LogP contribution in [0.15, 0.2) is 41.3 Å². The zero-order valence-corrected chi connectivity index (χ0v) is 13.9. The van der Waals surface area contributed by atoms with E-state index in [1.807, 2.05) is 37.4 Å². The molecule has 2 aromatic rings. The SMILES string of the molecule is COc1cc(C(=O)Nc2cccc(SC)c2)cc(OC)c1C. The van der Waals surface area contributed by atoms with Crippen LogP contribution in [-0.2, 0) is 0 Å². The number of methoxy groups -OCH3 is 2. The Morgan fingerprint density at radius 3 is 2.27 bits per heavy atom. The van der Waals surface area contributed by atoms with Crippen LogP contribution in [0, 0.1) is 6.92 Å². The van der Waals surface area contributed by atoms with Crippen molar-refractivity contribution in [3.05, 3.63) is 47.5 Å². The minimum atomic E-state index is -0.199. The highest BCUT2D eigenvalue weighted by molar-refractivity contribution is 7.98. The van der Waals surface area contributed by atoms with E-state index in [1.165, 1.54) is 0 Å². The second-order valence-electron chi connectivity index (χ2n) is 4.69. The highest BCUT2D eigenvalue weighted by Gasteiger charge is 2.14. The average molecular weight is 317 g/mol. The largest absolute Gasteiger partial charge is 0.496 e. The smallest absolute Gasteiger partial charge is 0.255 e. The van der Waals surface area contributed by atoms with Gasteiger partial charge in [-0.3, -0.25) is 4.79 Å². The summed E-state index contributed by atoms with van der Waals surface area (Å²) in [4.78, 5) is 13.5. The number of carbonyl (C=O) groups excluding carboxylic acids is 1. The number of nitrogens with one attached hydrogen (secondary N) is 1. The molecule has 2 aromatic carbocycles. The summed E-state index contributed by atoms with van der Waals surface area (Å²) in [5, 5.41) is 2.89. The van der Waals surface area contributed by atoms with Crippen molar-refractivity contribution in [3.8, 4) is 11.5 Å². The average Bonchev–Trinajstić information content (AvgIpc) is 2.55. The standard InChI is InChI=1S/C17H19NO3S/c1-11-15(20-2)8-12(9-16(11)21-3)17(19)18-13-6-5-7-14(10-13)22-4/h5-10H,1-4H3,(H,18,19). The summed E-state index contributed by atoms with van der Waals surface area (Å²) in [5.41, 5.74) is 2.12. The van der Waals surface area contributed by atoms with Crippen molar-refractivity contribution in [1.82, 2.24) is 0 Å². The summed E-state index contributed by atoms with van der Waals surface area (Å²) in [6.07, 6.45) is 2.00. The molecular weight excluding hydrogens is 298 g/mol. The summed E-state index contributed by atoms with van der Waals surface area (Å²) >= 11 is 1.63. The van der Waals surface area contributed by atoms with E-state index in [2.05, 4.69) is 5.32 Å². The lowest BCUT2D eigenvalue weighted by molar-refractivity contribution is 0.102. The van der Waals surface area contributed by atoms with Crippen LogP contribution in [0.3, 0.4) is 0 Å². The molecule has 0 atom stereocenters. The van der Waals surface area contributed by atoms with Crippen LogP contribution in [0.4, 0.5) is 5.69 Å². The van der Waals surface area contributed by atoms with Gasteiger partial charge in [-0.05, 0) is 43.5 Å². The molecule has 2 rings (SSSR count). The van der Waals surface area contributed by atoms with Gasteiger partial charge in [0.1, 0.15) is 11.5 Å². The zero-order chi connectivity index (χ0) is 16.1. The Bertz CT molecular complexity index is 660. The Balaban J connectivity index is 2.29. The van der Waals surface area contributed by atoms with Crippen LogP contribution in [0.1, 0.15) is 15.9 Å². The van der Waals surface area contributed by atoms with Crippen molar-refractivity contribution in [2.75, 3.05) is 25.8 Å². The van der Waals surface area contributed by atoms with E-state index < -0.39 is 0 Å². The van der Waals surface area contributed by atoms with Gasteiger partial charge in [0.25, 0.3) is 5.91 Å². The molecule has 0 saturated heterocycles. The number of anilines is 1. The molecule has 0 radical (unpaired) electrons. The van der Waals surface area contributed by atoms with Crippen LogP contribution in [0.25, 0.3) is 0 Å². The van der Waals surface area contributed by atoms with Gasteiger partial charge in [-0.25, -0.2) is 0 Å². The van der Waals surface area contributed by atoms with Crippen LogP contribution < -0.4 is 14.8 Å². The topological polar surface area (TPSA) is 47.6 Å². The Hall–Kier alpha value is -2.14. The van der Waals surface area contributed by atoms with Gasteiger partial charge in [0, 0.05) is 21.7 Å². The van der Waals surface area contributed by atoms with Crippen molar-refractivity contribution >= 4 is 23.4 Å². The molecule has 0 heterocycles. The van der Waals surface area contributed by atoms with Gasteiger partial charge in [-0.1, -0.05) is 6.07 Å². The van der Waals surface area contributed by atoms with Crippen LogP contribution >= 0.6 is 11.8 Å². The lowest BCUT2D eigenvalue weighted by atomic mass is 10.1. The molecule has 0 aromatic heterocycles. The van der Waals surface area contributed by atoms with E-state index in [0.29, 0.717) is 17.1 Å². The fraction of sp³-hybridized carbons (Fsp3) is 0.235. The predicted molar refractivity (Wildman–Crippen MR) is 90.5 cm³/mol. The lowest BCUT2D eigenvalue weighted by Gasteiger charge is -2.13. The maximum atomic E-state index is 12.4. The summed E-state index contributed by atoms with van der Waals surface area (Å²) in [6, 6.07) is 11.1. The Kier molecular flexibility index (Phi) is 5.33. The number of hydrogen-bond donors (Lipinski definition) is 1. The van der Waals surface area contributed by atoms with Gasteiger partial charge in [0.15, 0.2) is 0 Å². The predicted octanol–water partition coefficient (Wildman–Crippen LogP) is 3.99. The third-order valence-electron chi connectivity index (χ3n) is 3.34. The molecule has 0 aliphatic heterocycles. The molecule has 0 fully saturated rings. The summed E-state index contributed by atoms with van der Waals surface area (Å²) in [6.45, 7) is 1.89. The van der Waals surface area contributed by atoms with E-state index in [-0.39, 0.29) is 5.91 Å². The summed E-state index contributed by atoms with van der Waals surface area (Å²) in [7, 11) is 3.15. The minimum Gasteiger partial charge on any atom is -0.496 e. The number of amides is 1. The maximum absolute atomic E-state index is 12.4. The van der Waals surface area contributed by atoms with Gasteiger partial charge < -0.3 is 14.8 Å². The summed E-state index contributed by atoms with van der Waals surface area (Å²) in [5.74, 6) is 1.06. The van der Waals surface area contributed by atoms with Crippen molar-refractivity contribution in [1.29, 1.82) is 0 Å². The zero-order valence-electron chi connectivity index (χ0n) is 13.1. The molecule has 0 spiro atoms. The number of hydrogen-bond acceptors (Lipinski definition) is 4. The van der Waals surface area contributed by atoms with E-state index >= 15 is 0 Å². The first-order chi connectivity index (χ1) is 10.6. The van der Waals surface area contributed by atoms with E-state index in [0.717, 1.165) is 16.1 Å². The van der Waals surface area contributed by atoms with Crippen molar-refractivity contribution in [3.63, 3.8) is 0 Å². The van der Waals surface area contributed by atoms with Crippen LogP contribution in [-0.4, -0.2) is 26.4 Å². The molecule has 0 unspecified atom stereocenters. The fourth-order valence-corrected chi connectivity index (χ4v) is 2.58. The molecule has 116 valence electrons. The molecule has 5 heteroatoms. The molecule has 0 bridgehead atoms. The minimum absolute atomic E-state index is 0.199. The Morgan fingerprint density at radius 2 is 1.73 bits per heavy atom. The first-order valence-corrected chi connectivity index (χ1v) is 7.99. The first-order valence-electron chi connectivity index (χ1n) is 6.77. The summed E-state index contributed by atoms with van der Waals surface area (Å²) < 4.78 is 10.6. The Morgan fingerprint density at radius 1 is 1.09 bits per heavy atom. The second kappa shape index (κ2) is 7.22. The third-order valence-corrected chi connectivity index (χ3v) is 4.07. The van der Waals surface area contributed by atoms with Gasteiger partial charge in [-0.2, -0.15) is 0 Å². The van der Waals surface area contributed by atoms with Gasteiger partial charge in [-0.15, -0.1) is 11.8 Å². The maximum Gasteiger partial charge on any atom is 0.255 e. The van der Waals surface area contributed by atoms with E-state index in [4.69, 9.17) is 9.47 Å². The number of ether oxygens (including phenoxy) is 2. The van der Waals surface area contributed by atoms with Gasteiger partial charge in [0.2, 0.25) is 0 Å². The van der Waals surface area contributed by atoms with E-state index in [1.54, 1.807) is 38.1 Å². The molecule has 1 amide bonds. The molecule has 0 saturated carbocycles. The number of thioether (sulfide) groups is 1. The molecule has 0 aliphatic carbocycles. The third kappa shape index (κ3) is 3.54. The van der Waals surface area contributed by atoms with Crippen molar-refractivity contribution < 1.29 is 14.3 Å². The lowest BCUT2D eigenvalue weighted by Crippen LogP contribution is -2.12. The van der Waals surface area contributed by atoms with Crippen LogP contribution in [0.5, 0.6) is 11.5 Å². The van der Waals surface area contributed by atoms with Crippen LogP contribution in [0.2, 0.25) is 0 Å². The molecule has 22 heavy (non-hydrogen) atoms.